The van der Waals surface area contributed by atoms with Gasteiger partial charge in [-0.25, -0.2) is 13.2 Å². The summed E-state index contributed by atoms with van der Waals surface area (Å²) in [6, 6.07) is 13.1. The van der Waals surface area contributed by atoms with E-state index in [1.807, 2.05) is 6.07 Å². The lowest BCUT2D eigenvalue weighted by Crippen LogP contribution is -2.45. The van der Waals surface area contributed by atoms with Gasteiger partial charge in [-0.2, -0.15) is 4.72 Å². The Bertz CT molecular complexity index is 1280. The molecule has 174 valence electrons. The molecule has 1 fully saturated rings. The van der Waals surface area contributed by atoms with E-state index in [2.05, 4.69) is 14.6 Å². The van der Waals surface area contributed by atoms with Crippen LogP contribution in [0.1, 0.15) is 25.3 Å². The number of carbonyl (C=O) groups excluding carboxylic acids is 1. The average molecular weight is 493 g/mol. The molecule has 4 rings (SSSR count). The van der Waals surface area contributed by atoms with E-state index in [0.717, 1.165) is 16.9 Å². The third-order valence-electron chi connectivity index (χ3n) is 5.45. The van der Waals surface area contributed by atoms with Crippen molar-refractivity contribution in [1.82, 2.24) is 9.88 Å². The van der Waals surface area contributed by atoms with E-state index in [-0.39, 0.29) is 22.5 Å². The van der Waals surface area contributed by atoms with Gasteiger partial charge in [-0.1, -0.05) is 42.4 Å². The lowest BCUT2D eigenvalue weighted by molar-refractivity contribution is -0.140. The normalized spacial score (nSPS) is 22.0. The lowest BCUT2D eigenvalue weighted by Gasteiger charge is -2.15. The third-order valence-corrected chi connectivity index (χ3v) is 8.53. The van der Waals surface area contributed by atoms with Crippen LogP contribution in [0, 0.1) is 5.92 Å². The summed E-state index contributed by atoms with van der Waals surface area (Å²) in [6.07, 6.45) is -0.954. The molecule has 0 aliphatic heterocycles. The van der Waals surface area contributed by atoms with E-state index in [1.54, 1.807) is 38.1 Å². The number of benzene rings is 1. The van der Waals surface area contributed by atoms with Crippen LogP contribution in [0.15, 0.2) is 57.3 Å². The van der Waals surface area contributed by atoms with E-state index in [9.17, 15) is 23.1 Å². The molecule has 0 amide bonds. The number of nitrogens with zero attached hydrogens (tertiary/aromatic N) is 1. The van der Waals surface area contributed by atoms with E-state index in [0.29, 0.717) is 4.88 Å². The predicted molar refractivity (Wildman–Crippen MR) is 117 cm³/mol. The Morgan fingerprint density at radius 3 is 2.64 bits per heavy atom. The summed E-state index contributed by atoms with van der Waals surface area (Å²) in [4.78, 5) is 24.0. The maximum Gasteiger partial charge on any atom is 0.516 e. The van der Waals surface area contributed by atoms with Gasteiger partial charge in [-0.3, -0.25) is 4.79 Å². The van der Waals surface area contributed by atoms with Crippen LogP contribution in [0.4, 0.5) is 4.79 Å². The number of thiophene rings is 1. The smallest absolute Gasteiger partial charge is 0.480 e. The van der Waals surface area contributed by atoms with E-state index < -0.39 is 39.5 Å². The van der Waals surface area contributed by atoms with Gasteiger partial charge in [0.05, 0.1) is 17.6 Å². The molecule has 1 aliphatic rings. The highest BCUT2D eigenvalue weighted by atomic mass is 32.2. The highest BCUT2D eigenvalue weighted by Gasteiger charge is 2.70. The van der Waals surface area contributed by atoms with Gasteiger partial charge < -0.3 is 19.1 Å². The molecule has 12 heteroatoms. The minimum absolute atomic E-state index is 0.0834. The zero-order valence-corrected chi connectivity index (χ0v) is 19.2. The summed E-state index contributed by atoms with van der Waals surface area (Å²) >= 11 is 0.876. The number of nitrogens with one attached hydrogen (secondary N) is 1. The van der Waals surface area contributed by atoms with Crippen LogP contribution in [-0.2, 0) is 19.6 Å². The molecule has 0 bridgehead atoms. The van der Waals surface area contributed by atoms with Crippen LogP contribution >= 0.6 is 11.3 Å². The Morgan fingerprint density at radius 2 is 1.97 bits per heavy atom. The highest BCUT2D eigenvalue weighted by molar-refractivity contribution is 7.91. The van der Waals surface area contributed by atoms with Gasteiger partial charge in [0, 0.05) is 5.92 Å². The van der Waals surface area contributed by atoms with Crippen molar-refractivity contribution in [2.75, 3.05) is 6.61 Å². The fourth-order valence-corrected chi connectivity index (χ4v) is 6.54. The molecule has 1 saturated carbocycles. The SMILES string of the molecule is CCOC(=O)Oc1cc(-c2ccc(S(=O)(=O)N[C@@]3(C(=O)O)[C@H](C)[C@@H]3c3ccccc3)s2)no1. The van der Waals surface area contributed by atoms with Crippen molar-refractivity contribution >= 4 is 33.5 Å². The van der Waals surface area contributed by atoms with Crippen molar-refractivity contribution in [2.45, 2.75) is 29.5 Å². The zero-order valence-electron chi connectivity index (χ0n) is 17.5. The number of sulfonamides is 1. The van der Waals surface area contributed by atoms with Crippen LogP contribution in [0.5, 0.6) is 5.95 Å². The summed E-state index contributed by atoms with van der Waals surface area (Å²) in [6.45, 7) is 3.45. The van der Waals surface area contributed by atoms with Gasteiger partial charge in [0.2, 0.25) is 0 Å². The number of aliphatic carboxylic acids is 1. The number of ether oxygens (including phenoxy) is 2. The van der Waals surface area contributed by atoms with Gasteiger partial charge in [0.25, 0.3) is 10.0 Å². The van der Waals surface area contributed by atoms with Crippen molar-refractivity contribution in [1.29, 1.82) is 0 Å². The number of carbonyl (C=O) groups is 2. The molecular weight excluding hydrogens is 472 g/mol. The molecule has 0 radical (unpaired) electrons. The maximum absolute atomic E-state index is 13.1. The summed E-state index contributed by atoms with van der Waals surface area (Å²) in [5.41, 5.74) is -0.645. The predicted octanol–water partition coefficient (Wildman–Crippen LogP) is 3.47. The van der Waals surface area contributed by atoms with E-state index in [1.165, 1.54) is 18.2 Å². The molecule has 2 heterocycles. The maximum atomic E-state index is 13.1. The summed E-state index contributed by atoms with van der Waals surface area (Å²) in [5, 5.41) is 13.7. The number of carboxylic acid groups (broad SMARTS) is 1. The third kappa shape index (κ3) is 4.24. The number of aromatic nitrogens is 1. The number of rotatable bonds is 8. The van der Waals surface area contributed by atoms with E-state index >= 15 is 0 Å². The molecule has 0 unspecified atom stereocenters. The van der Waals surface area contributed by atoms with Gasteiger partial charge in [-0.15, -0.1) is 11.3 Å². The van der Waals surface area contributed by atoms with Crippen molar-refractivity contribution in [3.63, 3.8) is 0 Å². The summed E-state index contributed by atoms with van der Waals surface area (Å²) in [5.74, 6) is -2.38. The first-order valence-electron chi connectivity index (χ1n) is 9.93. The molecule has 2 aromatic heterocycles. The summed E-state index contributed by atoms with van der Waals surface area (Å²) in [7, 11) is -4.16. The molecule has 3 aromatic rings. The lowest BCUT2D eigenvalue weighted by atomic mass is 10.1. The second-order valence-electron chi connectivity index (χ2n) is 7.39. The van der Waals surface area contributed by atoms with Crippen molar-refractivity contribution < 1.29 is 37.1 Å². The largest absolute Gasteiger partial charge is 0.516 e. The van der Waals surface area contributed by atoms with Crippen LogP contribution in [-0.4, -0.2) is 43.0 Å². The Hall–Kier alpha value is -3.22. The van der Waals surface area contributed by atoms with E-state index in [4.69, 9.17) is 9.26 Å². The monoisotopic (exact) mass is 492 g/mol. The molecule has 1 aliphatic carbocycles. The minimum atomic E-state index is -4.16. The van der Waals surface area contributed by atoms with Crippen LogP contribution in [0.25, 0.3) is 10.6 Å². The quantitative estimate of drug-likeness (QED) is 0.451. The standard InChI is InChI=1S/C21H20N2O8S2/c1-3-29-20(26)30-16-11-14(22-31-16)15-9-10-17(32-15)33(27,28)23-21(19(24)25)12(2)18(21)13-7-5-4-6-8-13/h4-12,18,23H,3H2,1-2H3,(H,24,25)/t12-,18-,21+/m1/s1. The fraction of sp³-hybridized carbons (Fsp3) is 0.286. The Morgan fingerprint density at radius 1 is 1.24 bits per heavy atom. The van der Waals surface area contributed by atoms with Crippen LogP contribution in [0.2, 0.25) is 0 Å². The highest BCUT2D eigenvalue weighted by Crippen LogP contribution is 2.58. The van der Waals surface area contributed by atoms with Gasteiger partial charge in [-0.05, 0) is 30.5 Å². The fourth-order valence-electron chi connectivity index (χ4n) is 3.83. The Balaban J connectivity index is 1.55. The number of hydrogen-bond acceptors (Lipinski definition) is 9. The first-order chi connectivity index (χ1) is 15.7. The molecule has 33 heavy (non-hydrogen) atoms. The molecular formula is C21H20N2O8S2. The van der Waals surface area contributed by atoms with Crippen LogP contribution in [0.3, 0.4) is 0 Å². The summed E-state index contributed by atoms with van der Waals surface area (Å²) < 4.78 is 42.9. The van der Waals surface area contributed by atoms with Gasteiger partial charge >= 0.3 is 18.1 Å². The zero-order chi connectivity index (χ0) is 23.8. The van der Waals surface area contributed by atoms with Gasteiger partial charge in [0.15, 0.2) is 0 Å². The molecule has 1 aromatic carbocycles. The average Bonchev–Trinajstić information content (AvgIpc) is 3.18. The molecule has 3 atom stereocenters. The second kappa shape index (κ2) is 8.61. The Labute approximate surface area is 193 Å². The minimum Gasteiger partial charge on any atom is -0.480 e. The first kappa shape index (κ1) is 23.0. The Kier molecular flexibility index (Phi) is 5.99. The molecule has 0 spiro atoms. The van der Waals surface area contributed by atoms with Crippen molar-refractivity contribution in [2.24, 2.45) is 5.92 Å². The van der Waals surface area contributed by atoms with Gasteiger partial charge in [0.1, 0.15) is 15.4 Å². The molecule has 10 nitrogen and oxygen atoms in total. The molecule has 2 N–H and O–H groups in total. The molecule has 0 saturated heterocycles. The van der Waals surface area contributed by atoms with Crippen molar-refractivity contribution in [3.8, 4) is 16.5 Å². The number of hydrogen-bond donors (Lipinski definition) is 2. The first-order valence-corrected chi connectivity index (χ1v) is 12.2. The topological polar surface area (TPSA) is 145 Å². The van der Waals surface area contributed by atoms with Crippen LogP contribution < -0.4 is 9.46 Å². The second-order valence-corrected chi connectivity index (χ2v) is 10.4. The van der Waals surface area contributed by atoms with Crippen molar-refractivity contribution in [3.05, 3.63) is 54.1 Å². The number of carboxylic acids is 1.